The highest BCUT2D eigenvalue weighted by Crippen LogP contribution is 2.35. The van der Waals surface area contributed by atoms with Gasteiger partial charge in [0.2, 0.25) is 10.0 Å². The number of nitrogens with zero attached hydrogens (tertiary/aromatic N) is 3. The van der Waals surface area contributed by atoms with E-state index in [1.54, 1.807) is 11.8 Å². The number of aliphatic imine (C=N–C) groups is 1. The van der Waals surface area contributed by atoms with Crippen molar-refractivity contribution in [2.75, 3.05) is 16.3 Å². The summed E-state index contributed by atoms with van der Waals surface area (Å²) in [4.78, 5) is 4.57. The highest BCUT2D eigenvalue weighted by atomic mass is 32.2. The SMILES string of the molecule is C[C@H]1Cc2cc(C3=NNC(=NC4CC4)SC3)ccc2N1S(C)(=O)=O. The average Bonchev–Trinajstić information content (AvgIpc) is 3.25. The van der Waals surface area contributed by atoms with Crippen LogP contribution in [-0.2, 0) is 16.4 Å². The van der Waals surface area contributed by atoms with Crippen molar-refractivity contribution in [2.24, 2.45) is 10.1 Å². The van der Waals surface area contributed by atoms with E-state index in [9.17, 15) is 8.42 Å². The summed E-state index contributed by atoms with van der Waals surface area (Å²) in [6, 6.07) is 6.37. The molecule has 1 aromatic carbocycles. The van der Waals surface area contributed by atoms with Gasteiger partial charge < -0.3 is 0 Å². The number of thioether (sulfide) groups is 1. The fourth-order valence-corrected chi connectivity index (χ4v) is 5.29. The Balaban J connectivity index is 1.59. The zero-order valence-corrected chi connectivity index (χ0v) is 15.3. The maximum Gasteiger partial charge on any atom is 0.232 e. The molecule has 6 nitrogen and oxygen atoms in total. The highest BCUT2D eigenvalue weighted by Gasteiger charge is 2.32. The summed E-state index contributed by atoms with van der Waals surface area (Å²) in [6.07, 6.45) is 4.36. The van der Waals surface area contributed by atoms with E-state index < -0.39 is 10.0 Å². The summed E-state index contributed by atoms with van der Waals surface area (Å²) in [6.45, 7) is 1.94. The minimum Gasteiger partial charge on any atom is -0.267 e. The Bertz CT molecular complexity index is 844. The molecule has 0 amide bonds. The molecule has 8 heteroatoms. The fourth-order valence-electron chi connectivity index (χ4n) is 3.19. The van der Waals surface area contributed by atoms with Crippen LogP contribution in [0.15, 0.2) is 28.3 Å². The second kappa shape index (κ2) is 5.77. The van der Waals surface area contributed by atoms with Gasteiger partial charge in [-0.3, -0.25) is 14.7 Å². The van der Waals surface area contributed by atoms with Gasteiger partial charge in [0.1, 0.15) is 0 Å². The fraction of sp³-hybridized carbons (Fsp3) is 0.500. The summed E-state index contributed by atoms with van der Waals surface area (Å²) in [5.74, 6) is 0.780. The van der Waals surface area contributed by atoms with Gasteiger partial charge in [0.15, 0.2) is 5.17 Å². The van der Waals surface area contributed by atoms with Crippen LogP contribution in [0.2, 0.25) is 0 Å². The Labute approximate surface area is 146 Å². The normalized spacial score (nSPS) is 25.4. The number of hydrogen-bond donors (Lipinski definition) is 1. The molecule has 0 aromatic heterocycles. The Morgan fingerprint density at radius 1 is 1.38 bits per heavy atom. The van der Waals surface area contributed by atoms with Crippen LogP contribution in [-0.4, -0.2) is 43.4 Å². The maximum atomic E-state index is 12.0. The summed E-state index contributed by atoms with van der Waals surface area (Å²) in [7, 11) is -3.24. The molecular weight excluding hydrogens is 344 g/mol. The molecule has 1 atom stereocenters. The molecule has 0 unspecified atom stereocenters. The molecule has 2 aliphatic heterocycles. The number of fused-ring (bicyclic) bond motifs is 1. The van der Waals surface area contributed by atoms with Crippen molar-refractivity contribution in [3.05, 3.63) is 29.3 Å². The molecule has 24 heavy (non-hydrogen) atoms. The van der Waals surface area contributed by atoms with Crippen LogP contribution in [0.4, 0.5) is 5.69 Å². The van der Waals surface area contributed by atoms with E-state index in [-0.39, 0.29) is 6.04 Å². The molecule has 1 saturated carbocycles. The Kier molecular flexibility index (Phi) is 3.84. The lowest BCUT2D eigenvalue weighted by atomic mass is 10.0. The van der Waals surface area contributed by atoms with E-state index in [4.69, 9.17) is 0 Å². The molecule has 0 bridgehead atoms. The third-order valence-electron chi connectivity index (χ3n) is 4.40. The van der Waals surface area contributed by atoms with Crippen molar-refractivity contribution in [2.45, 2.75) is 38.3 Å². The largest absolute Gasteiger partial charge is 0.267 e. The van der Waals surface area contributed by atoms with E-state index in [0.717, 1.165) is 39.9 Å². The van der Waals surface area contributed by atoms with Crippen molar-refractivity contribution in [3.8, 4) is 0 Å². The summed E-state index contributed by atoms with van der Waals surface area (Å²) >= 11 is 1.67. The molecule has 2 heterocycles. The predicted molar refractivity (Wildman–Crippen MR) is 99.5 cm³/mol. The van der Waals surface area contributed by atoms with E-state index in [0.29, 0.717) is 6.04 Å². The van der Waals surface area contributed by atoms with Gasteiger partial charge in [0.25, 0.3) is 0 Å². The van der Waals surface area contributed by atoms with E-state index in [1.807, 2.05) is 19.1 Å². The van der Waals surface area contributed by atoms with E-state index in [2.05, 4.69) is 21.6 Å². The van der Waals surface area contributed by atoms with Gasteiger partial charge in [-0.05, 0) is 49.4 Å². The molecule has 4 rings (SSSR count). The summed E-state index contributed by atoms with van der Waals surface area (Å²) < 4.78 is 25.5. The van der Waals surface area contributed by atoms with Crippen molar-refractivity contribution >= 4 is 38.4 Å². The molecular formula is C16H20N4O2S2. The van der Waals surface area contributed by atoms with Gasteiger partial charge >= 0.3 is 0 Å². The first kappa shape index (κ1) is 16.0. The molecule has 3 aliphatic rings. The minimum atomic E-state index is -3.24. The number of nitrogens with one attached hydrogen (secondary N) is 1. The molecule has 0 saturated heterocycles. The Hall–Kier alpha value is -1.54. The molecule has 0 radical (unpaired) electrons. The number of rotatable bonds is 3. The number of hydrogen-bond acceptors (Lipinski definition) is 5. The van der Waals surface area contributed by atoms with Gasteiger partial charge in [-0.15, -0.1) is 0 Å². The van der Waals surface area contributed by atoms with Crippen LogP contribution in [0.3, 0.4) is 0 Å². The Morgan fingerprint density at radius 3 is 2.79 bits per heavy atom. The molecule has 0 spiro atoms. The van der Waals surface area contributed by atoms with E-state index in [1.165, 1.54) is 23.4 Å². The van der Waals surface area contributed by atoms with Crippen molar-refractivity contribution in [1.82, 2.24) is 5.43 Å². The van der Waals surface area contributed by atoms with Gasteiger partial charge in [0.05, 0.1) is 23.7 Å². The van der Waals surface area contributed by atoms with E-state index >= 15 is 0 Å². The van der Waals surface area contributed by atoms with Crippen molar-refractivity contribution < 1.29 is 8.42 Å². The maximum absolute atomic E-state index is 12.0. The number of hydrazone groups is 1. The first-order valence-corrected chi connectivity index (χ1v) is 10.9. The van der Waals surface area contributed by atoms with Crippen LogP contribution in [0.5, 0.6) is 0 Å². The van der Waals surface area contributed by atoms with Crippen molar-refractivity contribution in [3.63, 3.8) is 0 Å². The van der Waals surface area contributed by atoms with Gasteiger partial charge in [-0.2, -0.15) is 5.10 Å². The van der Waals surface area contributed by atoms with Gasteiger partial charge in [-0.25, -0.2) is 8.42 Å². The quantitative estimate of drug-likeness (QED) is 0.890. The standard InChI is InChI=1S/C16H20N4O2S2/c1-10-7-12-8-11(3-6-15(12)20(10)24(2,21)22)14-9-23-16(19-18-14)17-13-4-5-13/h3,6,8,10,13H,4-5,7,9H2,1-2H3,(H,17,19)/t10-/m0/s1. The highest BCUT2D eigenvalue weighted by molar-refractivity contribution is 8.14. The van der Waals surface area contributed by atoms with Gasteiger partial charge in [0, 0.05) is 11.8 Å². The number of amidine groups is 1. The van der Waals surface area contributed by atoms with Crippen LogP contribution < -0.4 is 9.73 Å². The molecule has 128 valence electrons. The average molecular weight is 364 g/mol. The third kappa shape index (κ3) is 3.04. The topological polar surface area (TPSA) is 74.1 Å². The first-order valence-electron chi connectivity index (χ1n) is 8.08. The molecule has 1 N–H and O–H groups in total. The first-order chi connectivity index (χ1) is 11.4. The summed E-state index contributed by atoms with van der Waals surface area (Å²) in [5, 5.41) is 5.36. The van der Waals surface area contributed by atoms with Gasteiger partial charge in [-0.1, -0.05) is 17.8 Å². The number of benzene rings is 1. The van der Waals surface area contributed by atoms with Crippen LogP contribution in [0.25, 0.3) is 0 Å². The van der Waals surface area contributed by atoms with Crippen LogP contribution >= 0.6 is 11.8 Å². The number of sulfonamides is 1. The molecule has 1 aromatic rings. The summed E-state index contributed by atoms with van der Waals surface area (Å²) in [5.41, 5.74) is 6.92. The Morgan fingerprint density at radius 2 is 2.17 bits per heavy atom. The minimum absolute atomic E-state index is 0.0386. The molecule has 1 fully saturated rings. The lowest BCUT2D eigenvalue weighted by molar-refractivity contribution is 0.590. The second-order valence-corrected chi connectivity index (χ2v) is 9.40. The van der Waals surface area contributed by atoms with Crippen molar-refractivity contribution in [1.29, 1.82) is 0 Å². The third-order valence-corrected chi connectivity index (χ3v) is 6.56. The number of anilines is 1. The lowest BCUT2D eigenvalue weighted by Crippen LogP contribution is -2.34. The predicted octanol–water partition coefficient (Wildman–Crippen LogP) is 1.96. The smallest absolute Gasteiger partial charge is 0.232 e. The zero-order valence-electron chi connectivity index (χ0n) is 13.7. The van der Waals surface area contributed by atoms with Crippen LogP contribution in [0.1, 0.15) is 30.9 Å². The lowest BCUT2D eigenvalue weighted by Gasteiger charge is -2.22. The monoisotopic (exact) mass is 364 g/mol. The second-order valence-electron chi connectivity index (χ2n) is 6.58. The van der Waals surface area contributed by atoms with Crippen LogP contribution in [0, 0.1) is 0 Å². The zero-order chi connectivity index (χ0) is 16.9. The molecule has 1 aliphatic carbocycles.